The fraction of sp³-hybridized carbons (Fsp3) is 0.462. The standard InChI is InChI=1S/C13H18N2O.BF4/c1-13(2)14-11(12(16)15(13)3)9-10-7-5-4-6-8-10;2-1(3,4)5/h4-8,11,14H,9H2,1-3H3;/q;-1/p+1/t11-;/m0./s1. The average molecular weight is 306 g/mol. The van der Waals surface area contributed by atoms with E-state index in [0.29, 0.717) is 0 Å². The minimum atomic E-state index is -6.00. The molecule has 1 saturated heterocycles. The van der Waals surface area contributed by atoms with Gasteiger partial charge in [-0.1, -0.05) is 30.3 Å². The molecule has 1 amide bonds. The molecular formula is C13H19BF4N2O. The minimum Gasteiger partial charge on any atom is -0.418 e. The van der Waals surface area contributed by atoms with Gasteiger partial charge in [0.05, 0.1) is 0 Å². The molecule has 1 aromatic rings. The molecule has 1 atom stereocenters. The molecule has 1 fully saturated rings. The predicted molar refractivity (Wildman–Crippen MR) is 72.9 cm³/mol. The summed E-state index contributed by atoms with van der Waals surface area (Å²) < 4.78 is 39.0. The summed E-state index contributed by atoms with van der Waals surface area (Å²) in [6.45, 7) is 4.16. The quantitative estimate of drug-likeness (QED) is 0.655. The summed E-state index contributed by atoms with van der Waals surface area (Å²) in [5.74, 6) is 0.230. The first-order valence-corrected chi connectivity index (χ1v) is 6.55. The molecule has 1 heterocycles. The maximum Gasteiger partial charge on any atom is 0.673 e. The van der Waals surface area contributed by atoms with Gasteiger partial charge in [0.25, 0.3) is 5.91 Å². The van der Waals surface area contributed by atoms with Crippen LogP contribution >= 0.6 is 0 Å². The molecule has 0 aliphatic carbocycles. The topological polar surface area (TPSA) is 36.9 Å². The number of hydrogen-bond acceptors (Lipinski definition) is 1. The molecule has 21 heavy (non-hydrogen) atoms. The van der Waals surface area contributed by atoms with Crippen LogP contribution in [0.2, 0.25) is 0 Å². The molecule has 0 spiro atoms. The van der Waals surface area contributed by atoms with E-state index in [-0.39, 0.29) is 17.6 Å². The summed E-state index contributed by atoms with van der Waals surface area (Å²) >= 11 is 0. The van der Waals surface area contributed by atoms with Crippen LogP contribution in [-0.2, 0) is 11.2 Å². The molecular weight excluding hydrogens is 287 g/mol. The molecule has 3 nitrogen and oxygen atoms in total. The van der Waals surface area contributed by atoms with Crippen molar-refractivity contribution >= 4 is 13.2 Å². The van der Waals surface area contributed by atoms with Gasteiger partial charge in [0, 0.05) is 27.3 Å². The molecule has 0 bridgehead atoms. The van der Waals surface area contributed by atoms with Crippen molar-refractivity contribution in [1.29, 1.82) is 0 Å². The van der Waals surface area contributed by atoms with Gasteiger partial charge in [0.2, 0.25) is 0 Å². The zero-order valence-electron chi connectivity index (χ0n) is 12.2. The predicted octanol–water partition coefficient (Wildman–Crippen LogP) is 1.67. The highest BCUT2D eigenvalue weighted by atomic mass is 19.5. The van der Waals surface area contributed by atoms with Crippen LogP contribution in [0.1, 0.15) is 19.4 Å². The highest BCUT2D eigenvalue weighted by molar-refractivity contribution is 6.50. The molecule has 1 aliphatic rings. The van der Waals surface area contributed by atoms with E-state index >= 15 is 0 Å². The van der Waals surface area contributed by atoms with Crippen molar-refractivity contribution in [3.05, 3.63) is 35.9 Å². The molecule has 1 aliphatic heterocycles. The summed E-state index contributed by atoms with van der Waals surface area (Å²) in [6, 6.07) is 10.2. The number of benzene rings is 1. The van der Waals surface area contributed by atoms with Gasteiger partial charge >= 0.3 is 7.25 Å². The maximum absolute atomic E-state index is 12.0. The van der Waals surface area contributed by atoms with Crippen LogP contribution < -0.4 is 5.32 Å². The van der Waals surface area contributed by atoms with Crippen molar-refractivity contribution in [3.63, 3.8) is 0 Å². The molecule has 0 unspecified atom stereocenters. The van der Waals surface area contributed by atoms with Crippen LogP contribution in [0.5, 0.6) is 0 Å². The van der Waals surface area contributed by atoms with Crippen molar-refractivity contribution in [2.45, 2.75) is 32.0 Å². The molecule has 118 valence electrons. The second-order valence-corrected chi connectivity index (χ2v) is 5.51. The van der Waals surface area contributed by atoms with Crippen LogP contribution in [0.4, 0.5) is 17.3 Å². The van der Waals surface area contributed by atoms with Crippen LogP contribution in [0, 0.1) is 0 Å². The number of carbonyl (C=O) groups is 1. The van der Waals surface area contributed by atoms with Gasteiger partial charge in [-0.05, 0) is 5.56 Å². The summed E-state index contributed by atoms with van der Waals surface area (Å²) in [5.41, 5.74) is 1.11. The second-order valence-electron chi connectivity index (χ2n) is 5.51. The van der Waals surface area contributed by atoms with E-state index in [9.17, 15) is 22.1 Å². The van der Waals surface area contributed by atoms with Crippen LogP contribution in [0.25, 0.3) is 0 Å². The van der Waals surface area contributed by atoms with E-state index in [1.165, 1.54) is 5.56 Å². The summed E-state index contributed by atoms with van der Waals surface area (Å²) in [5, 5.41) is 2.16. The van der Waals surface area contributed by atoms with Gasteiger partial charge in [-0.2, -0.15) is 0 Å². The Labute approximate surface area is 121 Å². The van der Waals surface area contributed by atoms with E-state index in [4.69, 9.17) is 0 Å². The number of halogens is 4. The van der Waals surface area contributed by atoms with Gasteiger partial charge in [-0.15, -0.1) is 0 Å². The number of nitrogens with two attached hydrogens (primary N) is 1. The number of carbonyl (C=O) groups excluding carboxylic acids is 1. The lowest BCUT2D eigenvalue weighted by atomic mass is 10.1. The third kappa shape index (κ3) is 5.75. The van der Waals surface area contributed by atoms with E-state index in [0.717, 1.165) is 6.42 Å². The molecule has 0 saturated carbocycles. The SMILES string of the molecule is CN1C(=O)[C@H](Cc2ccccc2)[NH2+]C1(C)C.F[B-](F)(F)F. The zero-order chi connectivity index (χ0) is 16.3. The Morgan fingerprint density at radius 2 is 1.67 bits per heavy atom. The molecule has 2 N–H and O–H groups in total. The number of hydrogen-bond donors (Lipinski definition) is 1. The van der Waals surface area contributed by atoms with E-state index in [2.05, 4.69) is 31.3 Å². The van der Waals surface area contributed by atoms with Gasteiger partial charge in [-0.25, -0.2) is 0 Å². The molecule has 0 aromatic heterocycles. The summed E-state index contributed by atoms with van der Waals surface area (Å²) in [6.07, 6.45) is 0.813. The Morgan fingerprint density at radius 1 is 1.19 bits per heavy atom. The fourth-order valence-electron chi connectivity index (χ4n) is 2.22. The van der Waals surface area contributed by atoms with E-state index < -0.39 is 7.25 Å². The van der Waals surface area contributed by atoms with Crippen LogP contribution in [-0.4, -0.2) is 36.8 Å². The number of nitrogens with zero attached hydrogens (tertiary/aromatic N) is 1. The third-order valence-electron chi connectivity index (χ3n) is 3.42. The lowest BCUT2D eigenvalue weighted by Crippen LogP contribution is -2.98. The Balaban J connectivity index is 0.000000383. The first-order chi connectivity index (χ1) is 9.50. The van der Waals surface area contributed by atoms with Crippen molar-refractivity contribution < 1.29 is 27.4 Å². The van der Waals surface area contributed by atoms with Crippen LogP contribution in [0.3, 0.4) is 0 Å². The molecule has 1 aromatic carbocycles. The number of quaternary nitrogens is 1. The lowest BCUT2D eigenvalue weighted by molar-refractivity contribution is -0.737. The Morgan fingerprint density at radius 3 is 2.05 bits per heavy atom. The van der Waals surface area contributed by atoms with E-state index in [1.807, 2.05) is 30.1 Å². The monoisotopic (exact) mass is 306 g/mol. The van der Waals surface area contributed by atoms with Crippen molar-refractivity contribution in [2.24, 2.45) is 0 Å². The first kappa shape index (κ1) is 17.5. The largest absolute Gasteiger partial charge is 0.673 e. The van der Waals surface area contributed by atoms with Gasteiger partial charge < -0.3 is 22.6 Å². The minimum absolute atomic E-state index is 0.0300. The Kier molecular flexibility index (Phi) is 5.39. The van der Waals surface area contributed by atoms with Gasteiger partial charge in [-0.3, -0.25) is 9.69 Å². The summed E-state index contributed by atoms with van der Waals surface area (Å²) in [4.78, 5) is 13.9. The molecule has 0 radical (unpaired) electrons. The second kappa shape index (κ2) is 6.47. The molecule has 2 rings (SSSR count). The van der Waals surface area contributed by atoms with Crippen molar-refractivity contribution in [1.82, 2.24) is 4.90 Å². The number of likely N-dealkylation sites (N-methyl/N-ethyl adjacent to an activating group) is 1. The maximum atomic E-state index is 12.0. The third-order valence-corrected chi connectivity index (χ3v) is 3.42. The van der Waals surface area contributed by atoms with Gasteiger partial charge in [0.1, 0.15) is 0 Å². The lowest BCUT2D eigenvalue weighted by Gasteiger charge is -2.22. The molecule has 8 heteroatoms. The highest BCUT2D eigenvalue weighted by Gasteiger charge is 2.46. The Bertz CT molecular complexity index is 473. The highest BCUT2D eigenvalue weighted by Crippen LogP contribution is 2.13. The number of rotatable bonds is 2. The normalized spacial score (nSPS) is 21.0. The average Bonchev–Trinajstić information content (AvgIpc) is 2.52. The zero-order valence-corrected chi connectivity index (χ0v) is 12.2. The van der Waals surface area contributed by atoms with Crippen molar-refractivity contribution in [2.75, 3.05) is 7.05 Å². The van der Waals surface area contributed by atoms with Crippen molar-refractivity contribution in [3.8, 4) is 0 Å². The smallest absolute Gasteiger partial charge is 0.418 e. The Hall–Kier alpha value is -1.57. The fourth-order valence-corrected chi connectivity index (χ4v) is 2.22. The summed E-state index contributed by atoms with van der Waals surface area (Å²) in [7, 11) is -4.12. The first-order valence-electron chi connectivity index (χ1n) is 6.55. The van der Waals surface area contributed by atoms with Gasteiger partial charge in [0.15, 0.2) is 11.7 Å². The van der Waals surface area contributed by atoms with E-state index in [1.54, 1.807) is 0 Å². The number of amides is 1. The van der Waals surface area contributed by atoms with Crippen LogP contribution in [0.15, 0.2) is 30.3 Å².